The molecule has 2 aliphatic rings. The van der Waals surface area contributed by atoms with E-state index < -0.39 is 34.0 Å². The van der Waals surface area contributed by atoms with Gasteiger partial charge in [0.25, 0.3) is 5.91 Å². The molecule has 0 bridgehead atoms. The predicted octanol–water partition coefficient (Wildman–Crippen LogP) is 2.95. The minimum atomic E-state index is -3.67. The average molecular weight is 480 g/mol. The summed E-state index contributed by atoms with van der Waals surface area (Å²) < 4.78 is 32.4. The molecule has 2 fully saturated rings. The third-order valence-corrected chi connectivity index (χ3v) is 8.36. The van der Waals surface area contributed by atoms with Crippen molar-refractivity contribution in [1.29, 1.82) is 0 Å². The minimum absolute atomic E-state index is 0.0152. The van der Waals surface area contributed by atoms with Gasteiger partial charge in [0.2, 0.25) is 10.0 Å². The number of benzene rings is 1. The first-order chi connectivity index (χ1) is 15.7. The van der Waals surface area contributed by atoms with Crippen LogP contribution in [0.1, 0.15) is 75.1 Å². The highest BCUT2D eigenvalue weighted by atomic mass is 32.2. The summed E-state index contributed by atoms with van der Waals surface area (Å²) in [5, 5.41) is 4.92. The van der Waals surface area contributed by atoms with Crippen LogP contribution in [0.3, 0.4) is 0 Å². The third-order valence-electron chi connectivity index (χ3n) is 6.44. The predicted molar refractivity (Wildman–Crippen MR) is 122 cm³/mol. The number of hydrogen-bond acceptors (Lipinski definition) is 6. The Hall–Kier alpha value is -2.46. The average Bonchev–Trinajstić information content (AvgIpc) is 3.31. The number of hydrogen-bond donors (Lipinski definition) is 2. The first kappa shape index (κ1) is 25.2. The molecule has 0 saturated heterocycles. The fourth-order valence-electron chi connectivity index (χ4n) is 4.36. The maximum Gasteiger partial charge on any atom is 0.338 e. The topological polar surface area (TPSA) is 122 Å². The number of nitrogens with one attached hydrogen (secondary N) is 2. The second-order valence-corrected chi connectivity index (χ2v) is 10.8. The number of carbonyl (C=O) groups excluding carboxylic acids is 3. The second kappa shape index (κ2) is 11.1. The van der Waals surface area contributed by atoms with Crippen LogP contribution >= 0.6 is 0 Å². The van der Waals surface area contributed by atoms with Gasteiger partial charge >= 0.3 is 12.0 Å². The van der Waals surface area contributed by atoms with Gasteiger partial charge in [-0.25, -0.2) is 18.0 Å². The fourth-order valence-corrected chi connectivity index (χ4v) is 5.77. The monoisotopic (exact) mass is 479 g/mol. The molecule has 182 valence electrons. The summed E-state index contributed by atoms with van der Waals surface area (Å²) >= 11 is 0. The molecule has 3 rings (SSSR count). The summed E-state index contributed by atoms with van der Waals surface area (Å²) in [6, 6.07) is 4.89. The lowest BCUT2D eigenvalue weighted by molar-refractivity contribution is -0.127. The Kier molecular flexibility index (Phi) is 8.47. The molecule has 0 radical (unpaired) electrons. The van der Waals surface area contributed by atoms with Gasteiger partial charge < -0.3 is 10.1 Å². The van der Waals surface area contributed by atoms with Crippen molar-refractivity contribution >= 4 is 27.9 Å². The molecule has 2 N–H and O–H groups in total. The highest BCUT2D eigenvalue weighted by Crippen LogP contribution is 2.26. The van der Waals surface area contributed by atoms with Crippen LogP contribution in [0.5, 0.6) is 0 Å². The normalized spacial score (nSPS) is 18.6. The molecule has 9 nitrogen and oxygen atoms in total. The van der Waals surface area contributed by atoms with Gasteiger partial charge in [-0.2, -0.15) is 4.31 Å². The lowest BCUT2D eigenvalue weighted by Gasteiger charge is -2.30. The van der Waals surface area contributed by atoms with Crippen LogP contribution in [0.25, 0.3) is 0 Å². The lowest BCUT2D eigenvalue weighted by Crippen LogP contribution is -2.47. The SMILES string of the molecule is CC(OC(=O)c1ccc(S(=O)(=O)N(C)C2CCCCC2)cc1)C(=O)NC(=O)NC1CCCC1. The van der Waals surface area contributed by atoms with Crippen molar-refractivity contribution in [2.45, 2.75) is 87.8 Å². The maximum absolute atomic E-state index is 12.9. The summed E-state index contributed by atoms with van der Waals surface area (Å²) in [5.41, 5.74) is 0.115. The van der Waals surface area contributed by atoms with Crippen LogP contribution in [0.4, 0.5) is 4.79 Å². The molecule has 0 aliphatic heterocycles. The molecule has 3 amide bonds. The number of ether oxygens (including phenoxy) is 1. The van der Waals surface area contributed by atoms with Crippen LogP contribution in [0.15, 0.2) is 29.2 Å². The maximum atomic E-state index is 12.9. The van der Waals surface area contributed by atoms with E-state index in [1.165, 1.54) is 35.5 Å². The van der Waals surface area contributed by atoms with Crippen LogP contribution < -0.4 is 10.6 Å². The smallest absolute Gasteiger partial charge is 0.338 e. The van der Waals surface area contributed by atoms with Gasteiger partial charge in [0.05, 0.1) is 10.5 Å². The van der Waals surface area contributed by atoms with E-state index in [4.69, 9.17) is 4.74 Å². The lowest BCUT2D eigenvalue weighted by atomic mass is 9.96. The van der Waals surface area contributed by atoms with Gasteiger partial charge in [0.15, 0.2) is 6.10 Å². The zero-order chi connectivity index (χ0) is 24.0. The summed E-state index contributed by atoms with van der Waals surface area (Å²) in [7, 11) is -2.07. The Balaban J connectivity index is 1.54. The number of esters is 1. The summed E-state index contributed by atoms with van der Waals surface area (Å²) in [4.78, 5) is 36.6. The van der Waals surface area contributed by atoms with Gasteiger partial charge in [-0.3, -0.25) is 10.1 Å². The molecule has 0 spiro atoms. The largest absolute Gasteiger partial charge is 0.449 e. The summed E-state index contributed by atoms with van der Waals surface area (Å²) in [6.07, 6.45) is 7.52. The Labute approximate surface area is 195 Å². The minimum Gasteiger partial charge on any atom is -0.449 e. The van der Waals surface area contributed by atoms with E-state index in [0.29, 0.717) is 0 Å². The number of nitrogens with zero attached hydrogens (tertiary/aromatic N) is 1. The van der Waals surface area contributed by atoms with Crippen molar-refractivity contribution in [1.82, 2.24) is 14.9 Å². The van der Waals surface area contributed by atoms with E-state index in [-0.39, 0.29) is 22.5 Å². The molecule has 0 heterocycles. The molecule has 1 unspecified atom stereocenters. The Morgan fingerprint density at radius 2 is 1.55 bits per heavy atom. The van der Waals surface area contributed by atoms with Gasteiger partial charge in [-0.15, -0.1) is 0 Å². The van der Waals surface area contributed by atoms with Crippen molar-refractivity contribution in [2.24, 2.45) is 0 Å². The zero-order valence-electron chi connectivity index (χ0n) is 19.2. The third kappa shape index (κ3) is 6.54. The van der Waals surface area contributed by atoms with E-state index in [0.717, 1.165) is 57.8 Å². The van der Waals surface area contributed by atoms with Crippen LogP contribution in [-0.4, -0.2) is 55.9 Å². The number of amides is 3. The van der Waals surface area contributed by atoms with Crippen molar-refractivity contribution in [3.05, 3.63) is 29.8 Å². The van der Waals surface area contributed by atoms with E-state index in [2.05, 4.69) is 10.6 Å². The van der Waals surface area contributed by atoms with Crippen molar-refractivity contribution in [3.8, 4) is 0 Å². The van der Waals surface area contributed by atoms with Crippen molar-refractivity contribution in [2.75, 3.05) is 7.05 Å². The fraction of sp³-hybridized carbons (Fsp3) is 0.609. The highest BCUT2D eigenvalue weighted by molar-refractivity contribution is 7.89. The van der Waals surface area contributed by atoms with Crippen LogP contribution in [0.2, 0.25) is 0 Å². The number of imide groups is 1. The van der Waals surface area contributed by atoms with Gasteiger partial charge in [0.1, 0.15) is 0 Å². The van der Waals surface area contributed by atoms with Gasteiger partial charge in [-0.05, 0) is 56.9 Å². The van der Waals surface area contributed by atoms with Gasteiger partial charge in [0, 0.05) is 19.1 Å². The van der Waals surface area contributed by atoms with Crippen LogP contribution in [0, 0.1) is 0 Å². The van der Waals surface area contributed by atoms with E-state index in [1.807, 2.05) is 0 Å². The molecule has 1 aromatic carbocycles. The molecule has 0 aromatic heterocycles. The van der Waals surface area contributed by atoms with E-state index >= 15 is 0 Å². The Morgan fingerprint density at radius 3 is 2.15 bits per heavy atom. The zero-order valence-corrected chi connectivity index (χ0v) is 20.0. The quantitative estimate of drug-likeness (QED) is 0.580. The summed E-state index contributed by atoms with van der Waals surface area (Å²) in [5.74, 6) is -1.51. The number of carbonyl (C=O) groups is 3. The molecule has 33 heavy (non-hydrogen) atoms. The van der Waals surface area contributed by atoms with Crippen molar-refractivity contribution in [3.63, 3.8) is 0 Å². The number of sulfonamides is 1. The number of rotatable bonds is 7. The molecule has 10 heteroatoms. The Bertz CT molecular complexity index is 951. The highest BCUT2D eigenvalue weighted by Gasteiger charge is 2.29. The summed E-state index contributed by atoms with van der Waals surface area (Å²) in [6.45, 7) is 1.37. The first-order valence-corrected chi connectivity index (χ1v) is 13.0. The molecule has 2 saturated carbocycles. The van der Waals surface area contributed by atoms with Crippen molar-refractivity contribution < 1.29 is 27.5 Å². The van der Waals surface area contributed by atoms with Gasteiger partial charge in [-0.1, -0.05) is 32.1 Å². The standard InChI is InChI=1S/C23H33N3O6S/c1-16(21(27)25-23(29)24-18-8-6-7-9-18)32-22(28)17-12-14-20(15-13-17)33(30,31)26(2)19-10-4-3-5-11-19/h12-16,18-19H,3-11H2,1-2H3,(H2,24,25,27,29). The van der Waals surface area contributed by atoms with E-state index in [1.54, 1.807) is 7.05 Å². The second-order valence-electron chi connectivity index (χ2n) is 8.83. The first-order valence-electron chi connectivity index (χ1n) is 11.6. The molecular weight excluding hydrogens is 446 g/mol. The molecular formula is C23H33N3O6S. The van der Waals surface area contributed by atoms with E-state index in [9.17, 15) is 22.8 Å². The Morgan fingerprint density at radius 1 is 0.970 bits per heavy atom. The molecule has 1 aromatic rings. The molecule has 1 atom stereocenters. The number of urea groups is 1. The molecule has 2 aliphatic carbocycles. The van der Waals surface area contributed by atoms with Crippen LogP contribution in [-0.2, 0) is 19.6 Å².